The summed E-state index contributed by atoms with van der Waals surface area (Å²) in [6.07, 6.45) is 3.98. The summed E-state index contributed by atoms with van der Waals surface area (Å²) in [5.41, 5.74) is 2.66. The number of nitrogens with zero attached hydrogens (tertiary/aromatic N) is 2. The first kappa shape index (κ1) is 14.4. The van der Waals surface area contributed by atoms with Crippen LogP contribution in [0.25, 0.3) is 16.2 Å². The summed E-state index contributed by atoms with van der Waals surface area (Å²) >= 11 is 1.60. The van der Waals surface area contributed by atoms with Crippen molar-refractivity contribution in [2.45, 2.75) is 18.6 Å². The number of hydrogen-bond acceptors (Lipinski definition) is 5. The Labute approximate surface area is 136 Å². The molecule has 23 heavy (non-hydrogen) atoms. The molecule has 6 nitrogen and oxygen atoms in total. The average Bonchev–Trinajstić information content (AvgIpc) is 3.23. The number of hydrogen-bond donors (Lipinski definition) is 3. The van der Waals surface area contributed by atoms with Crippen LogP contribution in [0.3, 0.4) is 0 Å². The van der Waals surface area contributed by atoms with E-state index in [0.717, 1.165) is 21.9 Å². The molecule has 1 saturated heterocycles. The predicted molar refractivity (Wildman–Crippen MR) is 89.5 cm³/mol. The number of aromatic nitrogens is 2. The number of rotatable bonds is 3. The highest BCUT2D eigenvalue weighted by Crippen LogP contribution is 2.23. The first-order valence-electron chi connectivity index (χ1n) is 7.44. The van der Waals surface area contributed by atoms with Crippen molar-refractivity contribution in [2.75, 3.05) is 11.9 Å². The molecule has 3 heterocycles. The van der Waals surface area contributed by atoms with Crippen molar-refractivity contribution >= 4 is 27.9 Å². The Bertz CT molecular complexity index is 811. The summed E-state index contributed by atoms with van der Waals surface area (Å²) in [6.45, 7) is 0.467. The van der Waals surface area contributed by atoms with E-state index in [-0.39, 0.29) is 11.9 Å². The second-order valence-corrected chi connectivity index (χ2v) is 6.51. The van der Waals surface area contributed by atoms with Gasteiger partial charge >= 0.3 is 0 Å². The quantitative estimate of drug-likeness (QED) is 0.684. The number of amides is 1. The number of imidazole rings is 1. The first-order valence-corrected chi connectivity index (χ1v) is 8.32. The Morgan fingerprint density at radius 3 is 2.91 bits per heavy atom. The Kier molecular flexibility index (Phi) is 3.60. The van der Waals surface area contributed by atoms with Gasteiger partial charge in [0.05, 0.1) is 17.8 Å². The highest BCUT2D eigenvalue weighted by Gasteiger charge is 2.27. The van der Waals surface area contributed by atoms with Gasteiger partial charge in [-0.3, -0.25) is 9.20 Å². The largest absolute Gasteiger partial charge is 0.392 e. The molecule has 1 aliphatic rings. The SMILES string of the molecule is O=C(Nc1ccc(-c2cn3ccsc3n2)cc1)C1CC(O)CN1. The third-order valence-corrected chi connectivity index (χ3v) is 4.74. The number of fused-ring (bicyclic) bond motifs is 1. The van der Waals surface area contributed by atoms with E-state index >= 15 is 0 Å². The van der Waals surface area contributed by atoms with E-state index in [0.29, 0.717) is 13.0 Å². The maximum atomic E-state index is 12.1. The molecule has 0 saturated carbocycles. The zero-order valence-corrected chi connectivity index (χ0v) is 13.1. The Morgan fingerprint density at radius 1 is 1.39 bits per heavy atom. The zero-order chi connectivity index (χ0) is 15.8. The van der Waals surface area contributed by atoms with Gasteiger partial charge in [-0.05, 0) is 18.6 Å². The molecule has 2 atom stereocenters. The molecule has 2 unspecified atom stereocenters. The number of anilines is 1. The Balaban J connectivity index is 1.47. The lowest BCUT2D eigenvalue weighted by Gasteiger charge is -2.11. The van der Waals surface area contributed by atoms with Gasteiger partial charge in [0, 0.05) is 35.6 Å². The summed E-state index contributed by atoms with van der Waals surface area (Å²) < 4.78 is 1.99. The molecule has 1 fully saturated rings. The van der Waals surface area contributed by atoms with E-state index in [1.165, 1.54) is 0 Å². The number of carbonyl (C=O) groups is 1. The maximum Gasteiger partial charge on any atom is 0.241 e. The van der Waals surface area contributed by atoms with Crippen LogP contribution >= 0.6 is 11.3 Å². The van der Waals surface area contributed by atoms with Crippen molar-refractivity contribution in [2.24, 2.45) is 0 Å². The molecule has 3 N–H and O–H groups in total. The lowest BCUT2D eigenvalue weighted by molar-refractivity contribution is -0.117. The molecule has 1 aliphatic heterocycles. The molecular weight excluding hydrogens is 312 g/mol. The van der Waals surface area contributed by atoms with Crippen LogP contribution in [0.1, 0.15) is 6.42 Å². The first-order chi connectivity index (χ1) is 11.2. The lowest BCUT2D eigenvalue weighted by Crippen LogP contribution is -2.35. The molecule has 2 aromatic heterocycles. The Hall–Kier alpha value is -2.22. The number of nitrogens with one attached hydrogen (secondary N) is 2. The van der Waals surface area contributed by atoms with Crippen molar-refractivity contribution in [3.63, 3.8) is 0 Å². The maximum absolute atomic E-state index is 12.1. The van der Waals surface area contributed by atoms with Crippen molar-refractivity contribution in [1.29, 1.82) is 0 Å². The van der Waals surface area contributed by atoms with Gasteiger partial charge in [-0.2, -0.15) is 0 Å². The van der Waals surface area contributed by atoms with Gasteiger partial charge in [-0.15, -0.1) is 11.3 Å². The fourth-order valence-electron chi connectivity index (χ4n) is 2.74. The van der Waals surface area contributed by atoms with E-state index in [1.807, 2.05) is 46.4 Å². The highest BCUT2D eigenvalue weighted by atomic mass is 32.1. The number of thiazole rings is 1. The van der Waals surface area contributed by atoms with E-state index in [1.54, 1.807) is 11.3 Å². The van der Waals surface area contributed by atoms with Crippen LogP contribution < -0.4 is 10.6 Å². The summed E-state index contributed by atoms with van der Waals surface area (Å²) in [7, 11) is 0. The molecule has 4 rings (SSSR count). The van der Waals surface area contributed by atoms with Gasteiger partial charge in [0.2, 0.25) is 5.91 Å². The third kappa shape index (κ3) is 2.86. The van der Waals surface area contributed by atoms with Crippen molar-refractivity contribution in [3.8, 4) is 11.3 Å². The number of aliphatic hydroxyl groups is 1. The second-order valence-electron chi connectivity index (χ2n) is 5.64. The smallest absolute Gasteiger partial charge is 0.241 e. The average molecular weight is 328 g/mol. The number of β-amino-alcohol motifs (C(OH)–C–C–N with tert-alkyl or cyclic N) is 1. The van der Waals surface area contributed by atoms with Crippen LogP contribution in [0.15, 0.2) is 42.0 Å². The van der Waals surface area contributed by atoms with E-state index in [9.17, 15) is 9.90 Å². The van der Waals surface area contributed by atoms with Gasteiger partial charge in [0.25, 0.3) is 0 Å². The summed E-state index contributed by atoms with van der Waals surface area (Å²) in [4.78, 5) is 17.6. The molecule has 3 aromatic rings. The molecule has 0 radical (unpaired) electrons. The van der Waals surface area contributed by atoms with Crippen LogP contribution in [0.2, 0.25) is 0 Å². The van der Waals surface area contributed by atoms with E-state index in [2.05, 4.69) is 15.6 Å². The molecule has 7 heteroatoms. The standard InChI is InChI=1S/C16H16N4O2S/c21-12-7-13(17-8-12)15(22)18-11-3-1-10(2-4-11)14-9-20-5-6-23-16(20)19-14/h1-6,9,12-13,17,21H,7-8H2,(H,18,22). The van der Waals surface area contributed by atoms with Crippen LogP contribution in [0.5, 0.6) is 0 Å². The van der Waals surface area contributed by atoms with Gasteiger partial charge in [0.15, 0.2) is 4.96 Å². The topological polar surface area (TPSA) is 78.7 Å². The number of aliphatic hydroxyl groups excluding tert-OH is 1. The molecule has 0 bridgehead atoms. The van der Waals surface area contributed by atoms with Gasteiger partial charge in [0.1, 0.15) is 0 Å². The fourth-order valence-corrected chi connectivity index (χ4v) is 3.44. The second kappa shape index (κ2) is 5.77. The molecule has 0 aliphatic carbocycles. The van der Waals surface area contributed by atoms with Gasteiger partial charge < -0.3 is 15.7 Å². The molecule has 1 aromatic carbocycles. The van der Waals surface area contributed by atoms with Crippen LogP contribution in [0, 0.1) is 0 Å². The van der Waals surface area contributed by atoms with Crippen molar-refractivity contribution in [1.82, 2.24) is 14.7 Å². The van der Waals surface area contributed by atoms with E-state index < -0.39 is 6.10 Å². The van der Waals surface area contributed by atoms with Crippen LogP contribution in [-0.4, -0.2) is 39.1 Å². The normalized spacial score (nSPS) is 20.9. The van der Waals surface area contributed by atoms with Gasteiger partial charge in [-0.1, -0.05) is 12.1 Å². The minimum absolute atomic E-state index is 0.114. The third-order valence-electron chi connectivity index (χ3n) is 3.97. The van der Waals surface area contributed by atoms with Crippen molar-refractivity contribution < 1.29 is 9.90 Å². The van der Waals surface area contributed by atoms with E-state index in [4.69, 9.17) is 0 Å². The fraction of sp³-hybridized carbons (Fsp3) is 0.250. The monoisotopic (exact) mass is 328 g/mol. The zero-order valence-electron chi connectivity index (χ0n) is 12.3. The number of benzene rings is 1. The van der Waals surface area contributed by atoms with Crippen molar-refractivity contribution in [3.05, 3.63) is 42.0 Å². The van der Waals surface area contributed by atoms with Crippen LogP contribution in [-0.2, 0) is 4.79 Å². The lowest BCUT2D eigenvalue weighted by atomic mass is 10.1. The number of carbonyl (C=O) groups excluding carboxylic acids is 1. The molecule has 1 amide bonds. The minimum atomic E-state index is -0.442. The predicted octanol–water partition coefficient (Wildman–Crippen LogP) is 1.72. The Morgan fingerprint density at radius 2 is 2.22 bits per heavy atom. The molecule has 0 spiro atoms. The summed E-state index contributed by atoms with van der Waals surface area (Å²) in [5, 5.41) is 17.3. The molecular formula is C16H16N4O2S. The summed E-state index contributed by atoms with van der Waals surface area (Å²) in [5.74, 6) is -0.114. The van der Waals surface area contributed by atoms with Gasteiger partial charge in [-0.25, -0.2) is 4.98 Å². The highest BCUT2D eigenvalue weighted by molar-refractivity contribution is 7.15. The summed E-state index contributed by atoms with van der Waals surface area (Å²) in [6, 6.07) is 7.29. The van der Waals surface area contributed by atoms with Crippen LogP contribution in [0.4, 0.5) is 5.69 Å². The molecule has 118 valence electrons. The minimum Gasteiger partial charge on any atom is -0.392 e.